The van der Waals surface area contributed by atoms with E-state index in [2.05, 4.69) is 71.5 Å². The summed E-state index contributed by atoms with van der Waals surface area (Å²) in [6, 6.07) is 17.2. The highest BCUT2D eigenvalue weighted by atomic mass is 79.9. The van der Waals surface area contributed by atoms with Gasteiger partial charge in [-0.25, -0.2) is 0 Å². The zero-order chi connectivity index (χ0) is 14.5. The Kier molecular flexibility index (Phi) is 5.21. The van der Waals surface area contributed by atoms with E-state index in [0.29, 0.717) is 12.1 Å². The van der Waals surface area contributed by atoms with Gasteiger partial charge in [-0.15, -0.1) is 0 Å². The van der Waals surface area contributed by atoms with Crippen LogP contribution in [0.2, 0.25) is 0 Å². The highest BCUT2D eigenvalue weighted by Crippen LogP contribution is 2.22. The first-order chi connectivity index (χ1) is 9.60. The number of methoxy groups -OCH3 is 1. The third-order valence-corrected chi connectivity index (χ3v) is 4.01. The lowest BCUT2D eigenvalue weighted by Gasteiger charge is -2.21. The maximum absolute atomic E-state index is 5.19. The molecule has 0 aromatic heterocycles. The molecule has 0 bridgehead atoms. The van der Waals surface area contributed by atoms with Crippen molar-refractivity contribution in [2.24, 2.45) is 0 Å². The zero-order valence-corrected chi connectivity index (χ0v) is 13.6. The molecule has 3 heteroatoms. The third kappa shape index (κ3) is 3.84. The van der Waals surface area contributed by atoms with Crippen LogP contribution in [0.4, 0.5) is 0 Å². The summed E-state index contributed by atoms with van der Waals surface area (Å²) in [5.74, 6) is 0.891. The Bertz CT molecular complexity index is 536. The number of nitrogens with one attached hydrogen (secondary N) is 1. The molecular weight excluding hydrogens is 314 g/mol. The van der Waals surface area contributed by atoms with Crippen molar-refractivity contribution >= 4 is 15.9 Å². The molecule has 1 N–H and O–H groups in total. The third-order valence-electron chi connectivity index (χ3n) is 3.49. The summed E-state index contributed by atoms with van der Waals surface area (Å²) >= 11 is 3.46. The van der Waals surface area contributed by atoms with Crippen LogP contribution >= 0.6 is 15.9 Å². The predicted octanol–water partition coefficient (Wildman–Crippen LogP) is 4.87. The Labute approximate surface area is 129 Å². The summed E-state index contributed by atoms with van der Waals surface area (Å²) < 4.78 is 6.29. The molecule has 2 nitrogen and oxygen atoms in total. The second-order valence-electron chi connectivity index (χ2n) is 4.93. The van der Waals surface area contributed by atoms with Crippen molar-refractivity contribution < 1.29 is 4.74 Å². The highest BCUT2D eigenvalue weighted by Gasteiger charge is 2.11. The number of halogens is 1. The summed E-state index contributed by atoms with van der Waals surface area (Å²) in [5.41, 5.74) is 2.54. The molecule has 2 atom stereocenters. The Morgan fingerprint density at radius 1 is 0.850 bits per heavy atom. The van der Waals surface area contributed by atoms with E-state index in [1.807, 2.05) is 12.1 Å². The fourth-order valence-electron chi connectivity index (χ4n) is 2.21. The molecule has 0 spiro atoms. The van der Waals surface area contributed by atoms with E-state index in [-0.39, 0.29) is 0 Å². The van der Waals surface area contributed by atoms with Gasteiger partial charge in [-0.05, 0) is 49.2 Å². The van der Waals surface area contributed by atoms with Crippen LogP contribution in [0, 0.1) is 0 Å². The van der Waals surface area contributed by atoms with Crippen molar-refractivity contribution in [1.82, 2.24) is 5.32 Å². The first-order valence-corrected chi connectivity index (χ1v) is 7.55. The van der Waals surface area contributed by atoms with E-state index in [0.717, 1.165) is 10.2 Å². The van der Waals surface area contributed by atoms with E-state index >= 15 is 0 Å². The Balaban J connectivity index is 2.02. The molecule has 0 heterocycles. The lowest BCUT2D eigenvalue weighted by Crippen LogP contribution is -2.22. The first-order valence-electron chi connectivity index (χ1n) is 6.75. The van der Waals surface area contributed by atoms with Gasteiger partial charge in [-0.2, -0.15) is 0 Å². The second-order valence-corrected chi connectivity index (χ2v) is 5.85. The standard InChI is InChI=1S/C17H20BrNO/c1-12(14-4-8-16(18)9-5-14)19-13(2)15-6-10-17(20-3)11-7-15/h4-13,19H,1-3H3/t12-,13?/m1/s1. The van der Waals surface area contributed by atoms with Crippen molar-refractivity contribution in [3.8, 4) is 5.75 Å². The Hall–Kier alpha value is -1.32. The zero-order valence-electron chi connectivity index (χ0n) is 12.1. The van der Waals surface area contributed by atoms with Gasteiger partial charge in [0, 0.05) is 16.6 Å². The Morgan fingerprint density at radius 2 is 1.30 bits per heavy atom. The molecular formula is C17H20BrNO. The quantitative estimate of drug-likeness (QED) is 0.842. The van der Waals surface area contributed by atoms with Crippen LogP contribution in [0.3, 0.4) is 0 Å². The van der Waals surface area contributed by atoms with Gasteiger partial charge >= 0.3 is 0 Å². The largest absolute Gasteiger partial charge is 0.497 e. The van der Waals surface area contributed by atoms with Crippen LogP contribution in [0.25, 0.3) is 0 Å². The van der Waals surface area contributed by atoms with E-state index in [9.17, 15) is 0 Å². The molecule has 2 aromatic carbocycles. The lowest BCUT2D eigenvalue weighted by molar-refractivity contribution is 0.414. The first kappa shape index (κ1) is 15.1. The van der Waals surface area contributed by atoms with Crippen LogP contribution in [-0.4, -0.2) is 7.11 Å². The van der Waals surface area contributed by atoms with Gasteiger partial charge in [-0.1, -0.05) is 40.2 Å². The van der Waals surface area contributed by atoms with Crippen molar-refractivity contribution in [3.63, 3.8) is 0 Å². The van der Waals surface area contributed by atoms with Crippen LogP contribution < -0.4 is 10.1 Å². The summed E-state index contributed by atoms with van der Waals surface area (Å²) in [6.07, 6.45) is 0. The lowest BCUT2D eigenvalue weighted by atomic mass is 10.0. The molecule has 20 heavy (non-hydrogen) atoms. The van der Waals surface area contributed by atoms with Gasteiger partial charge in [0.05, 0.1) is 7.11 Å². The number of hydrogen-bond donors (Lipinski definition) is 1. The van der Waals surface area contributed by atoms with Crippen LogP contribution in [0.1, 0.15) is 37.1 Å². The maximum atomic E-state index is 5.19. The molecule has 0 radical (unpaired) electrons. The summed E-state index contributed by atoms with van der Waals surface area (Å²) in [7, 11) is 1.69. The van der Waals surface area contributed by atoms with Crippen molar-refractivity contribution in [2.75, 3.05) is 7.11 Å². The van der Waals surface area contributed by atoms with Crippen molar-refractivity contribution in [3.05, 3.63) is 64.1 Å². The number of benzene rings is 2. The fraction of sp³-hybridized carbons (Fsp3) is 0.294. The van der Waals surface area contributed by atoms with Gasteiger partial charge in [-0.3, -0.25) is 0 Å². The van der Waals surface area contributed by atoms with Gasteiger partial charge < -0.3 is 10.1 Å². The maximum Gasteiger partial charge on any atom is 0.118 e. The molecule has 0 aliphatic rings. The van der Waals surface area contributed by atoms with E-state index in [4.69, 9.17) is 4.74 Å². The minimum absolute atomic E-state index is 0.291. The van der Waals surface area contributed by atoms with Gasteiger partial charge in [0.2, 0.25) is 0 Å². The van der Waals surface area contributed by atoms with E-state index < -0.39 is 0 Å². The van der Waals surface area contributed by atoms with E-state index in [1.54, 1.807) is 7.11 Å². The molecule has 0 aliphatic heterocycles. The Morgan fingerprint density at radius 3 is 1.75 bits per heavy atom. The molecule has 0 aliphatic carbocycles. The molecule has 0 saturated carbocycles. The molecule has 106 valence electrons. The average molecular weight is 334 g/mol. The predicted molar refractivity (Wildman–Crippen MR) is 87.1 cm³/mol. The topological polar surface area (TPSA) is 21.3 Å². The minimum Gasteiger partial charge on any atom is -0.497 e. The molecule has 1 unspecified atom stereocenters. The second kappa shape index (κ2) is 6.91. The summed E-state index contributed by atoms with van der Waals surface area (Å²) in [4.78, 5) is 0. The highest BCUT2D eigenvalue weighted by molar-refractivity contribution is 9.10. The fourth-order valence-corrected chi connectivity index (χ4v) is 2.48. The van der Waals surface area contributed by atoms with Gasteiger partial charge in [0.15, 0.2) is 0 Å². The SMILES string of the molecule is COc1ccc(C(C)N[C@H](C)c2ccc(Br)cc2)cc1. The van der Waals surface area contributed by atoms with Crippen LogP contribution in [0.15, 0.2) is 53.0 Å². The van der Waals surface area contributed by atoms with Gasteiger partial charge in [0.1, 0.15) is 5.75 Å². The molecule has 2 aromatic rings. The number of ether oxygens (including phenoxy) is 1. The molecule has 0 saturated heterocycles. The summed E-state index contributed by atoms with van der Waals surface area (Å²) in [6.45, 7) is 4.36. The van der Waals surface area contributed by atoms with Crippen molar-refractivity contribution in [2.45, 2.75) is 25.9 Å². The van der Waals surface area contributed by atoms with E-state index in [1.165, 1.54) is 11.1 Å². The van der Waals surface area contributed by atoms with Crippen molar-refractivity contribution in [1.29, 1.82) is 0 Å². The summed E-state index contributed by atoms with van der Waals surface area (Å²) in [5, 5.41) is 3.61. The molecule has 0 fully saturated rings. The average Bonchev–Trinajstić information content (AvgIpc) is 2.48. The molecule has 0 amide bonds. The normalized spacial score (nSPS) is 13.8. The number of rotatable bonds is 5. The smallest absolute Gasteiger partial charge is 0.118 e. The van der Waals surface area contributed by atoms with Crippen LogP contribution in [-0.2, 0) is 0 Å². The number of hydrogen-bond acceptors (Lipinski definition) is 2. The monoisotopic (exact) mass is 333 g/mol. The van der Waals surface area contributed by atoms with Gasteiger partial charge in [0.25, 0.3) is 0 Å². The van der Waals surface area contributed by atoms with Crippen LogP contribution in [0.5, 0.6) is 5.75 Å². The minimum atomic E-state index is 0.291. The molecule has 2 rings (SSSR count).